The van der Waals surface area contributed by atoms with Crippen molar-refractivity contribution >= 4 is 17.7 Å². The minimum Gasteiger partial charge on any atom is -0.444 e. The van der Waals surface area contributed by atoms with Crippen LogP contribution in [-0.4, -0.2) is 28.6 Å². The molecule has 0 saturated heterocycles. The average molecular weight is 512 g/mol. The molecule has 0 spiro atoms. The van der Waals surface area contributed by atoms with Gasteiger partial charge in [-0.15, -0.1) is 0 Å². The second kappa shape index (κ2) is 11.7. The van der Waals surface area contributed by atoms with E-state index in [0.29, 0.717) is 16.8 Å². The standard InChI is InChI=1S/C31H30FN3O3/c1-31(2,3)38-30(37)35-28(27(22-10-6-4-7-11-22)23-12-8-5-9-13-23)29(36)34-24-16-14-21(15-17-24)25-18-19-33-20-26(25)32/h4-20,27-28H,1-3H3,(H,34,36)(H,35,37)/t28-/m0/s1. The third-order valence-electron chi connectivity index (χ3n) is 5.84. The van der Waals surface area contributed by atoms with E-state index in [9.17, 15) is 14.0 Å². The molecule has 0 aliphatic heterocycles. The van der Waals surface area contributed by atoms with Gasteiger partial charge in [0.2, 0.25) is 5.91 Å². The fourth-order valence-corrected chi connectivity index (χ4v) is 4.20. The second-order valence-corrected chi connectivity index (χ2v) is 9.85. The molecule has 1 heterocycles. The Hall–Kier alpha value is -4.52. The fraction of sp³-hybridized carbons (Fsp3) is 0.194. The van der Waals surface area contributed by atoms with E-state index in [1.807, 2.05) is 60.7 Å². The zero-order valence-electron chi connectivity index (χ0n) is 21.5. The van der Waals surface area contributed by atoms with Gasteiger partial charge in [-0.1, -0.05) is 72.8 Å². The van der Waals surface area contributed by atoms with Crippen molar-refractivity contribution in [1.29, 1.82) is 0 Å². The monoisotopic (exact) mass is 511 g/mol. The number of hydrogen-bond donors (Lipinski definition) is 2. The summed E-state index contributed by atoms with van der Waals surface area (Å²) in [6.45, 7) is 5.29. The number of ether oxygens (including phenoxy) is 1. The Kier molecular flexibility index (Phi) is 8.16. The number of aromatic nitrogens is 1. The van der Waals surface area contributed by atoms with Crippen molar-refractivity contribution in [3.63, 3.8) is 0 Å². The molecule has 4 rings (SSSR count). The normalized spacial score (nSPS) is 12.0. The van der Waals surface area contributed by atoms with Crippen molar-refractivity contribution in [3.05, 3.63) is 120 Å². The first-order valence-corrected chi connectivity index (χ1v) is 12.3. The van der Waals surface area contributed by atoms with Gasteiger partial charge >= 0.3 is 6.09 Å². The van der Waals surface area contributed by atoms with Gasteiger partial charge in [0.05, 0.1) is 6.20 Å². The van der Waals surface area contributed by atoms with Crippen molar-refractivity contribution in [2.75, 3.05) is 5.32 Å². The molecular formula is C31H30FN3O3. The molecule has 1 atom stereocenters. The summed E-state index contributed by atoms with van der Waals surface area (Å²) in [6, 6.07) is 26.5. The third kappa shape index (κ3) is 6.82. The number of alkyl carbamates (subject to hydrolysis) is 1. The number of nitrogens with zero attached hydrogens (tertiary/aromatic N) is 1. The summed E-state index contributed by atoms with van der Waals surface area (Å²) < 4.78 is 19.7. The van der Waals surface area contributed by atoms with E-state index in [2.05, 4.69) is 15.6 Å². The Morgan fingerprint density at radius 1 is 0.842 bits per heavy atom. The number of carbonyl (C=O) groups is 2. The van der Waals surface area contributed by atoms with Crippen LogP contribution in [0.25, 0.3) is 11.1 Å². The van der Waals surface area contributed by atoms with Crippen LogP contribution >= 0.6 is 0 Å². The Labute approximate surface area is 221 Å². The highest BCUT2D eigenvalue weighted by Crippen LogP contribution is 2.30. The Morgan fingerprint density at radius 2 is 1.42 bits per heavy atom. The molecule has 0 unspecified atom stereocenters. The summed E-state index contributed by atoms with van der Waals surface area (Å²) in [5.74, 6) is -1.34. The van der Waals surface area contributed by atoms with Crippen LogP contribution in [0.2, 0.25) is 0 Å². The van der Waals surface area contributed by atoms with Gasteiger partial charge in [-0.25, -0.2) is 9.18 Å². The highest BCUT2D eigenvalue weighted by Gasteiger charge is 2.34. The Balaban J connectivity index is 1.66. The second-order valence-electron chi connectivity index (χ2n) is 9.85. The first-order chi connectivity index (χ1) is 18.2. The fourth-order valence-electron chi connectivity index (χ4n) is 4.20. The molecule has 0 aliphatic carbocycles. The summed E-state index contributed by atoms with van der Waals surface area (Å²) in [4.78, 5) is 30.4. The SMILES string of the molecule is CC(C)(C)OC(=O)N[C@H](C(=O)Nc1ccc(-c2ccncc2F)cc1)C(c1ccccc1)c1ccccc1. The van der Waals surface area contributed by atoms with Crippen molar-refractivity contribution in [2.24, 2.45) is 0 Å². The van der Waals surface area contributed by atoms with Crippen molar-refractivity contribution in [3.8, 4) is 11.1 Å². The molecule has 0 radical (unpaired) electrons. The lowest BCUT2D eigenvalue weighted by atomic mass is 9.84. The molecule has 38 heavy (non-hydrogen) atoms. The summed E-state index contributed by atoms with van der Waals surface area (Å²) in [5, 5.41) is 5.71. The summed E-state index contributed by atoms with van der Waals surface area (Å²) in [5.41, 5.74) is 2.55. The molecule has 7 heteroatoms. The smallest absolute Gasteiger partial charge is 0.408 e. The zero-order valence-corrected chi connectivity index (χ0v) is 21.5. The average Bonchev–Trinajstić information content (AvgIpc) is 2.89. The van der Waals surface area contributed by atoms with E-state index >= 15 is 0 Å². The number of rotatable bonds is 7. The van der Waals surface area contributed by atoms with Crippen LogP contribution in [0.4, 0.5) is 14.9 Å². The van der Waals surface area contributed by atoms with Gasteiger partial charge in [-0.05, 0) is 55.7 Å². The summed E-state index contributed by atoms with van der Waals surface area (Å²) in [6.07, 6.45) is 1.98. The highest BCUT2D eigenvalue weighted by atomic mass is 19.1. The lowest BCUT2D eigenvalue weighted by molar-refractivity contribution is -0.118. The molecular weight excluding hydrogens is 481 g/mol. The minimum absolute atomic E-state index is 0.413. The number of nitrogens with one attached hydrogen (secondary N) is 2. The molecule has 194 valence electrons. The summed E-state index contributed by atoms with van der Waals surface area (Å²) in [7, 11) is 0. The van der Waals surface area contributed by atoms with Gasteiger partial charge in [0.15, 0.2) is 0 Å². The van der Waals surface area contributed by atoms with Crippen molar-refractivity contribution in [2.45, 2.75) is 38.3 Å². The van der Waals surface area contributed by atoms with Crippen LogP contribution in [0, 0.1) is 5.82 Å². The van der Waals surface area contributed by atoms with E-state index in [1.54, 1.807) is 51.1 Å². The maximum Gasteiger partial charge on any atom is 0.408 e. The van der Waals surface area contributed by atoms with E-state index in [1.165, 1.54) is 6.20 Å². The predicted octanol–water partition coefficient (Wildman–Crippen LogP) is 6.55. The van der Waals surface area contributed by atoms with Gasteiger partial charge in [0, 0.05) is 23.4 Å². The summed E-state index contributed by atoms with van der Waals surface area (Å²) >= 11 is 0. The van der Waals surface area contributed by atoms with Crippen LogP contribution in [0.1, 0.15) is 37.8 Å². The minimum atomic E-state index is -0.994. The largest absolute Gasteiger partial charge is 0.444 e. The first-order valence-electron chi connectivity index (χ1n) is 12.3. The number of amides is 2. The van der Waals surface area contributed by atoms with Gasteiger partial charge < -0.3 is 15.4 Å². The molecule has 0 fully saturated rings. The van der Waals surface area contributed by atoms with Crippen LogP contribution in [-0.2, 0) is 9.53 Å². The first kappa shape index (κ1) is 26.5. The van der Waals surface area contributed by atoms with Gasteiger partial charge in [-0.3, -0.25) is 9.78 Å². The van der Waals surface area contributed by atoms with E-state index in [4.69, 9.17) is 4.74 Å². The molecule has 2 amide bonds. The van der Waals surface area contributed by atoms with Gasteiger partial charge in [-0.2, -0.15) is 0 Å². The molecule has 0 saturated carbocycles. The zero-order chi connectivity index (χ0) is 27.1. The Morgan fingerprint density at radius 3 is 1.95 bits per heavy atom. The number of hydrogen-bond acceptors (Lipinski definition) is 4. The number of benzene rings is 3. The lowest BCUT2D eigenvalue weighted by Crippen LogP contribution is -2.49. The van der Waals surface area contributed by atoms with E-state index in [-0.39, 0.29) is 0 Å². The molecule has 1 aromatic heterocycles. The highest BCUT2D eigenvalue weighted by molar-refractivity contribution is 5.98. The van der Waals surface area contributed by atoms with Crippen molar-refractivity contribution in [1.82, 2.24) is 10.3 Å². The molecule has 6 nitrogen and oxygen atoms in total. The molecule has 4 aromatic rings. The van der Waals surface area contributed by atoms with E-state index in [0.717, 1.165) is 17.3 Å². The predicted molar refractivity (Wildman–Crippen MR) is 146 cm³/mol. The maximum absolute atomic E-state index is 14.2. The molecule has 0 bridgehead atoms. The Bertz CT molecular complexity index is 1330. The quantitative estimate of drug-likeness (QED) is 0.295. The van der Waals surface area contributed by atoms with Gasteiger partial charge in [0.1, 0.15) is 17.5 Å². The van der Waals surface area contributed by atoms with Crippen LogP contribution in [0.3, 0.4) is 0 Å². The number of pyridine rings is 1. The van der Waals surface area contributed by atoms with Gasteiger partial charge in [0.25, 0.3) is 0 Å². The lowest BCUT2D eigenvalue weighted by Gasteiger charge is -2.29. The van der Waals surface area contributed by atoms with E-state index < -0.39 is 35.4 Å². The molecule has 3 aromatic carbocycles. The van der Waals surface area contributed by atoms with Crippen LogP contribution in [0.15, 0.2) is 103 Å². The maximum atomic E-state index is 14.2. The third-order valence-corrected chi connectivity index (χ3v) is 5.84. The van der Waals surface area contributed by atoms with Crippen LogP contribution < -0.4 is 10.6 Å². The molecule has 2 N–H and O–H groups in total. The topological polar surface area (TPSA) is 80.3 Å². The number of carbonyl (C=O) groups excluding carboxylic acids is 2. The molecule has 0 aliphatic rings. The van der Waals surface area contributed by atoms with Crippen molar-refractivity contribution < 1.29 is 18.7 Å². The number of halogens is 1. The van der Waals surface area contributed by atoms with Crippen LogP contribution in [0.5, 0.6) is 0 Å². The number of anilines is 1.